The number of aliphatic imine (C=N–C) groups is 1. The second-order valence-corrected chi connectivity index (χ2v) is 8.26. The zero-order chi connectivity index (χ0) is 18.8. The Morgan fingerprint density at radius 1 is 1.42 bits per heavy atom. The lowest BCUT2D eigenvalue weighted by Crippen LogP contribution is -2.50. The first-order valence-electron chi connectivity index (χ1n) is 9.03. The normalized spacial score (nSPS) is 17.1. The summed E-state index contributed by atoms with van der Waals surface area (Å²) < 4.78 is 31.4. The van der Waals surface area contributed by atoms with Crippen molar-refractivity contribution in [2.24, 2.45) is 4.99 Å². The van der Waals surface area contributed by atoms with Crippen LogP contribution in [-0.4, -0.2) is 68.8 Å². The summed E-state index contributed by atoms with van der Waals surface area (Å²) in [5.74, 6) is 1.66. The summed E-state index contributed by atoms with van der Waals surface area (Å²) in [6.07, 6.45) is 5.58. The molecule has 1 aliphatic heterocycles. The predicted octanol–water partition coefficient (Wildman–Crippen LogP) is 0.830. The first-order valence-corrected chi connectivity index (χ1v) is 10.6. The molecule has 1 saturated heterocycles. The van der Waals surface area contributed by atoms with E-state index in [2.05, 4.69) is 20.6 Å². The zero-order valence-electron chi connectivity index (χ0n) is 15.5. The molecule has 2 rings (SSSR count). The van der Waals surface area contributed by atoms with Crippen molar-refractivity contribution in [2.45, 2.75) is 32.2 Å². The van der Waals surface area contributed by atoms with Crippen molar-refractivity contribution in [1.82, 2.24) is 19.9 Å². The molecule has 2 N–H and O–H groups in total. The van der Waals surface area contributed by atoms with Gasteiger partial charge in [0.15, 0.2) is 5.96 Å². The predicted molar refractivity (Wildman–Crippen MR) is 103 cm³/mol. The lowest BCUT2D eigenvalue weighted by Gasteiger charge is -2.32. The quantitative estimate of drug-likeness (QED) is 0.392. The molecule has 0 spiro atoms. The van der Waals surface area contributed by atoms with Crippen LogP contribution in [0.1, 0.15) is 26.2 Å². The molecule has 1 aliphatic rings. The van der Waals surface area contributed by atoms with Gasteiger partial charge in [-0.2, -0.15) is 0 Å². The fraction of sp³-hybridized carbons (Fsp3) is 0.647. The SMILES string of the molecule is CCCS(=O)(=O)N1CCC(NC(=NC)NCCOc2cccnc2)CC1. The Hall–Kier alpha value is -1.87. The number of hydrogen-bond acceptors (Lipinski definition) is 5. The van der Waals surface area contributed by atoms with Gasteiger partial charge in [0, 0.05) is 32.4 Å². The fourth-order valence-electron chi connectivity index (χ4n) is 2.82. The highest BCUT2D eigenvalue weighted by Gasteiger charge is 2.27. The zero-order valence-corrected chi connectivity index (χ0v) is 16.3. The first-order chi connectivity index (χ1) is 12.5. The number of sulfonamides is 1. The van der Waals surface area contributed by atoms with Crippen LogP contribution >= 0.6 is 0 Å². The van der Waals surface area contributed by atoms with Crippen LogP contribution in [0.3, 0.4) is 0 Å². The van der Waals surface area contributed by atoms with Crippen molar-refractivity contribution in [3.63, 3.8) is 0 Å². The van der Waals surface area contributed by atoms with E-state index in [1.54, 1.807) is 23.7 Å². The van der Waals surface area contributed by atoms with Gasteiger partial charge < -0.3 is 15.4 Å². The summed E-state index contributed by atoms with van der Waals surface area (Å²) >= 11 is 0. The van der Waals surface area contributed by atoms with Gasteiger partial charge in [0.25, 0.3) is 0 Å². The molecular weight excluding hydrogens is 354 g/mol. The van der Waals surface area contributed by atoms with Crippen LogP contribution in [-0.2, 0) is 10.0 Å². The minimum Gasteiger partial charge on any atom is -0.490 e. The van der Waals surface area contributed by atoms with E-state index in [1.807, 2.05) is 19.1 Å². The Bertz CT molecular complexity index is 658. The van der Waals surface area contributed by atoms with E-state index in [1.165, 1.54) is 0 Å². The van der Waals surface area contributed by atoms with E-state index in [-0.39, 0.29) is 11.8 Å². The molecule has 0 unspecified atom stereocenters. The van der Waals surface area contributed by atoms with Gasteiger partial charge in [-0.25, -0.2) is 12.7 Å². The minimum absolute atomic E-state index is 0.216. The van der Waals surface area contributed by atoms with Crippen LogP contribution in [0.4, 0.5) is 0 Å². The molecule has 0 aromatic carbocycles. The maximum absolute atomic E-state index is 12.1. The van der Waals surface area contributed by atoms with Crippen molar-refractivity contribution in [3.8, 4) is 5.75 Å². The molecule has 146 valence electrons. The van der Waals surface area contributed by atoms with Gasteiger partial charge in [-0.3, -0.25) is 9.98 Å². The van der Waals surface area contributed by atoms with E-state index >= 15 is 0 Å². The molecule has 8 nitrogen and oxygen atoms in total. The van der Waals surface area contributed by atoms with Crippen LogP contribution in [0.5, 0.6) is 5.75 Å². The molecule has 1 fully saturated rings. The second kappa shape index (κ2) is 10.3. The maximum Gasteiger partial charge on any atom is 0.214 e. The number of nitrogens with zero attached hydrogens (tertiary/aromatic N) is 3. The standard InChI is InChI=1S/C17H29N5O3S/c1-3-13-26(23,24)22-10-6-15(7-11-22)21-17(18-2)20-9-12-25-16-5-4-8-19-14-16/h4-5,8,14-15H,3,6-7,9-13H2,1-2H3,(H2,18,20,21). The number of ether oxygens (including phenoxy) is 1. The molecule has 0 bridgehead atoms. The number of pyridine rings is 1. The highest BCUT2D eigenvalue weighted by molar-refractivity contribution is 7.89. The third-order valence-electron chi connectivity index (χ3n) is 4.17. The summed E-state index contributed by atoms with van der Waals surface area (Å²) in [6.45, 7) is 4.11. The molecular formula is C17H29N5O3S. The van der Waals surface area contributed by atoms with Crippen molar-refractivity contribution in [2.75, 3.05) is 39.0 Å². The molecule has 2 heterocycles. The van der Waals surface area contributed by atoms with Crippen LogP contribution in [0.25, 0.3) is 0 Å². The number of hydrogen-bond donors (Lipinski definition) is 2. The van der Waals surface area contributed by atoms with E-state index in [9.17, 15) is 8.42 Å². The van der Waals surface area contributed by atoms with Crippen molar-refractivity contribution >= 4 is 16.0 Å². The molecule has 0 amide bonds. The summed E-state index contributed by atoms with van der Waals surface area (Å²) in [6, 6.07) is 3.91. The number of rotatable bonds is 8. The Morgan fingerprint density at radius 2 is 2.19 bits per heavy atom. The van der Waals surface area contributed by atoms with Crippen LogP contribution in [0.15, 0.2) is 29.5 Å². The third-order valence-corrected chi connectivity index (χ3v) is 6.25. The van der Waals surface area contributed by atoms with Crippen molar-refractivity contribution in [3.05, 3.63) is 24.5 Å². The smallest absolute Gasteiger partial charge is 0.214 e. The van der Waals surface area contributed by atoms with Gasteiger partial charge >= 0.3 is 0 Å². The second-order valence-electron chi connectivity index (χ2n) is 6.17. The van der Waals surface area contributed by atoms with E-state index in [0.29, 0.717) is 38.6 Å². The molecule has 0 atom stereocenters. The highest BCUT2D eigenvalue weighted by Crippen LogP contribution is 2.15. The Morgan fingerprint density at radius 3 is 2.81 bits per heavy atom. The van der Waals surface area contributed by atoms with Gasteiger partial charge in [0.2, 0.25) is 10.0 Å². The maximum atomic E-state index is 12.1. The number of guanidine groups is 1. The first kappa shape index (κ1) is 20.4. The minimum atomic E-state index is -3.10. The molecule has 0 radical (unpaired) electrons. The molecule has 1 aromatic heterocycles. The Kier molecular flexibility index (Phi) is 8.11. The average molecular weight is 384 g/mol. The van der Waals surface area contributed by atoms with Gasteiger partial charge in [0.05, 0.1) is 18.5 Å². The number of aromatic nitrogens is 1. The molecule has 26 heavy (non-hydrogen) atoms. The topological polar surface area (TPSA) is 95.9 Å². The summed E-state index contributed by atoms with van der Waals surface area (Å²) in [5.41, 5.74) is 0. The lowest BCUT2D eigenvalue weighted by atomic mass is 10.1. The van der Waals surface area contributed by atoms with E-state index < -0.39 is 10.0 Å². The molecule has 1 aromatic rings. The van der Waals surface area contributed by atoms with E-state index in [4.69, 9.17) is 4.74 Å². The summed E-state index contributed by atoms with van der Waals surface area (Å²) in [4.78, 5) is 8.22. The van der Waals surface area contributed by atoms with Gasteiger partial charge in [-0.1, -0.05) is 6.92 Å². The largest absolute Gasteiger partial charge is 0.490 e. The molecule has 9 heteroatoms. The van der Waals surface area contributed by atoms with Crippen LogP contribution in [0.2, 0.25) is 0 Å². The number of nitrogens with one attached hydrogen (secondary N) is 2. The number of piperidine rings is 1. The van der Waals surface area contributed by atoms with Crippen LogP contribution < -0.4 is 15.4 Å². The average Bonchev–Trinajstić information content (AvgIpc) is 2.65. The Labute approximate surface area is 156 Å². The highest BCUT2D eigenvalue weighted by atomic mass is 32.2. The molecule has 0 aliphatic carbocycles. The van der Waals surface area contributed by atoms with Gasteiger partial charge in [0.1, 0.15) is 12.4 Å². The fourth-order valence-corrected chi connectivity index (χ4v) is 4.37. The van der Waals surface area contributed by atoms with E-state index in [0.717, 1.165) is 18.6 Å². The summed E-state index contributed by atoms with van der Waals surface area (Å²) in [7, 11) is -1.38. The van der Waals surface area contributed by atoms with Gasteiger partial charge in [-0.05, 0) is 31.4 Å². The monoisotopic (exact) mass is 383 g/mol. The van der Waals surface area contributed by atoms with Crippen LogP contribution in [0, 0.1) is 0 Å². The Balaban J connectivity index is 1.69. The summed E-state index contributed by atoms with van der Waals surface area (Å²) in [5, 5.41) is 6.57. The lowest BCUT2D eigenvalue weighted by molar-refractivity contribution is 0.303. The molecule has 0 saturated carbocycles. The van der Waals surface area contributed by atoms with Crippen molar-refractivity contribution < 1.29 is 13.2 Å². The van der Waals surface area contributed by atoms with Crippen molar-refractivity contribution in [1.29, 1.82) is 0 Å². The third kappa shape index (κ3) is 6.45. The van der Waals surface area contributed by atoms with Gasteiger partial charge in [-0.15, -0.1) is 0 Å².